The summed E-state index contributed by atoms with van der Waals surface area (Å²) in [6, 6.07) is 4.81. The van der Waals surface area contributed by atoms with Crippen molar-refractivity contribution in [2.45, 2.75) is 58.4 Å². The normalized spacial score (nSPS) is 25.2. The molecule has 0 spiro atoms. The van der Waals surface area contributed by atoms with E-state index in [1.54, 1.807) is 14.2 Å². The van der Waals surface area contributed by atoms with E-state index in [2.05, 4.69) is 30.9 Å². The van der Waals surface area contributed by atoms with Gasteiger partial charge in [0.05, 0.1) is 14.2 Å². The third kappa shape index (κ3) is 4.60. The zero-order valence-corrected chi connectivity index (χ0v) is 17.5. The molecule has 2 aliphatic heterocycles. The molecule has 3 atom stereocenters. The van der Waals surface area contributed by atoms with Gasteiger partial charge >= 0.3 is 0 Å². The van der Waals surface area contributed by atoms with E-state index in [-0.39, 0.29) is 0 Å². The Morgan fingerprint density at radius 2 is 1.85 bits per heavy atom. The highest BCUT2D eigenvalue weighted by Crippen LogP contribution is 2.46. The quantitative estimate of drug-likeness (QED) is 0.729. The summed E-state index contributed by atoms with van der Waals surface area (Å²) in [5.41, 5.74) is 2.80. The molecule has 27 heavy (non-hydrogen) atoms. The molecule has 4 nitrogen and oxygen atoms in total. The zero-order valence-electron chi connectivity index (χ0n) is 17.5. The first-order valence-electron chi connectivity index (χ1n) is 10.7. The van der Waals surface area contributed by atoms with E-state index in [1.807, 2.05) is 0 Å². The first kappa shape index (κ1) is 20.5. The maximum absolute atomic E-state index is 9.64. The molecule has 1 N–H and O–H groups in total. The molecule has 4 heteroatoms. The molecule has 3 unspecified atom stereocenters. The average Bonchev–Trinajstić information content (AvgIpc) is 2.67. The van der Waals surface area contributed by atoms with Crippen LogP contribution in [0.2, 0.25) is 0 Å². The van der Waals surface area contributed by atoms with Crippen LogP contribution in [0.1, 0.15) is 63.1 Å². The number of benzene rings is 1. The molecule has 152 valence electrons. The fourth-order valence-corrected chi connectivity index (χ4v) is 5.14. The average molecular weight is 376 g/mol. The van der Waals surface area contributed by atoms with Gasteiger partial charge in [0.25, 0.3) is 0 Å². The van der Waals surface area contributed by atoms with E-state index >= 15 is 0 Å². The molecular formula is C23H37NO3. The van der Waals surface area contributed by atoms with Crippen LogP contribution in [0.3, 0.4) is 0 Å². The molecule has 1 aromatic rings. The summed E-state index contributed by atoms with van der Waals surface area (Å²) < 4.78 is 11.1. The van der Waals surface area contributed by atoms with Crippen molar-refractivity contribution in [3.05, 3.63) is 23.3 Å². The molecular weight excluding hydrogens is 338 g/mol. The van der Waals surface area contributed by atoms with Crippen molar-refractivity contribution in [2.75, 3.05) is 33.9 Å². The molecule has 2 heterocycles. The summed E-state index contributed by atoms with van der Waals surface area (Å²) in [7, 11) is 3.42. The van der Waals surface area contributed by atoms with Gasteiger partial charge in [0, 0.05) is 25.7 Å². The van der Waals surface area contributed by atoms with Crippen LogP contribution in [-0.4, -0.2) is 43.9 Å². The number of rotatable bonds is 8. The van der Waals surface area contributed by atoms with Gasteiger partial charge < -0.3 is 14.6 Å². The molecule has 0 bridgehead atoms. The molecule has 0 aromatic heterocycles. The third-order valence-corrected chi connectivity index (χ3v) is 6.63. The van der Waals surface area contributed by atoms with Gasteiger partial charge in [0.2, 0.25) is 0 Å². The van der Waals surface area contributed by atoms with E-state index in [0.29, 0.717) is 24.5 Å². The van der Waals surface area contributed by atoms with Crippen LogP contribution in [0.4, 0.5) is 0 Å². The highest BCUT2D eigenvalue weighted by Gasteiger charge is 2.38. The second-order valence-corrected chi connectivity index (χ2v) is 8.76. The third-order valence-electron chi connectivity index (χ3n) is 6.63. The predicted octanol–water partition coefficient (Wildman–Crippen LogP) is 4.45. The Morgan fingerprint density at radius 3 is 2.52 bits per heavy atom. The van der Waals surface area contributed by atoms with Crippen LogP contribution >= 0.6 is 0 Å². The molecule has 0 saturated carbocycles. The van der Waals surface area contributed by atoms with Crippen LogP contribution in [0.25, 0.3) is 0 Å². The van der Waals surface area contributed by atoms with Crippen molar-refractivity contribution >= 4 is 0 Å². The van der Waals surface area contributed by atoms with Gasteiger partial charge in [0.15, 0.2) is 11.5 Å². The first-order valence-corrected chi connectivity index (χ1v) is 10.7. The molecule has 0 radical (unpaired) electrons. The van der Waals surface area contributed by atoms with Crippen molar-refractivity contribution in [3.8, 4) is 11.5 Å². The monoisotopic (exact) mass is 375 g/mol. The smallest absolute Gasteiger partial charge is 0.161 e. The summed E-state index contributed by atoms with van der Waals surface area (Å²) in [6.07, 6.45) is 7.07. The van der Waals surface area contributed by atoms with Gasteiger partial charge in [-0.2, -0.15) is 0 Å². The van der Waals surface area contributed by atoms with E-state index in [0.717, 1.165) is 43.2 Å². The minimum Gasteiger partial charge on any atom is -0.493 e. The fraction of sp³-hybridized carbons (Fsp3) is 0.739. The maximum atomic E-state index is 9.64. The topological polar surface area (TPSA) is 41.9 Å². The summed E-state index contributed by atoms with van der Waals surface area (Å²) in [6.45, 7) is 7.22. The summed E-state index contributed by atoms with van der Waals surface area (Å²) in [5, 5.41) is 9.64. The zero-order chi connectivity index (χ0) is 19.4. The number of methoxy groups -OCH3 is 2. The van der Waals surface area contributed by atoms with Crippen LogP contribution in [-0.2, 0) is 6.42 Å². The van der Waals surface area contributed by atoms with Gasteiger partial charge in [-0.1, -0.05) is 26.7 Å². The van der Waals surface area contributed by atoms with Gasteiger partial charge in [-0.25, -0.2) is 0 Å². The number of nitrogens with zero attached hydrogens (tertiary/aromatic N) is 1. The Labute approximate surface area is 164 Å². The van der Waals surface area contributed by atoms with Gasteiger partial charge in [0.1, 0.15) is 0 Å². The summed E-state index contributed by atoms with van der Waals surface area (Å²) in [5.74, 6) is 3.77. The SMILES string of the molecule is COc1cc2c(cc1OC)C1CC(CCO)C(CCCC(C)C)CN1CC2. The van der Waals surface area contributed by atoms with Crippen LogP contribution in [0.15, 0.2) is 12.1 Å². The lowest BCUT2D eigenvalue weighted by atomic mass is 9.73. The lowest BCUT2D eigenvalue weighted by Gasteiger charge is -2.47. The van der Waals surface area contributed by atoms with E-state index in [9.17, 15) is 5.11 Å². The van der Waals surface area contributed by atoms with Gasteiger partial charge in [-0.15, -0.1) is 0 Å². The van der Waals surface area contributed by atoms with Crippen LogP contribution in [0.5, 0.6) is 11.5 Å². The van der Waals surface area contributed by atoms with Crippen molar-refractivity contribution in [3.63, 3.8) is 0 Å². The molecule has 3 rings (SSSR count). The second-order valence-electron chi connectivity index (χ2n) is 8.76. The number of ether oxygens (including phenoxy) is 2. The number of fused-ring (bicyclic) bond motifs is 3. The Hall–Kier alpha value is -1.26. The largest absolute Gasteiger partial charge is 0.493 e. The minimum atomic E-state index is 0.302. The Bertz CT molecular complexity index is 616. The van der Waals surface area contributed by atoms with Crippen LogP contribution < -0.4 is 9.47 Å². The van der Waals surface area contributed by atoms with Gasteiger partial charge in [-0.05, 0) is 66.7 Å². The maximum Gasteiger partial charge on any atom is 0.161 e. The molecule has 0 amide bonds. The second kappa shape index (κ2) is 9.29. The van der Waals surface area contributed by atoms with Crippen molar-refractivity contribution in [1.82, 2.24) is 4.90 Å². The number of piperidine rings is 1. The van der Waals surface area contributed by atoms with E-state index in [4.69, 9.17) is 9.47 Å². The number of hydrogen-bond donors (Lipinski definition) is 1. The standard InChI is InChI=1S/C23H37NO3/c1-16(2)6-5-7-19-15-24-10-8-18-13-22(26-3)23(27-4)14-20(18)21(24)12-17(19)9-11-25/h13-14,16-17,19,21,25H,5-12,15H2,1-4H3. The Morgan fingerprint density at radius 1 is 1.11 bits per heavy atom. The highest BCUT2D eigenvalue weighted by molar-refractivity contribution is 5.49. The lowest BCUT2D eigenvalue weighted by Crippen LogP contribution is -2.46. The molecule has 2 aliphatic rings. The molecule has 1 saturated heterocycles. The van der Waals surface area contributed by atoms with Crippen molar-refractivity contribution in [1.29, 1.82) is 0 Å². The van der Waals surface area contributed by atoms with Crippen LogP contribution in [0, 0.1) is 17.8 Å². The number of hydrogen-bond acceptors (Lipinski definition) is 4. The minimum absolute atomic E-state index is 0.302. The van der Waals surface area contributed by atoms with E-state index < -0.39 is 0 Å². The predicted molar refractivity (Wildman–Crippen MR) is 110 cm³/mol. The summed E-state index contributed by atoms with van der Waals surface area (Å²) >= 11 is 0. The summed E-state index contributed by atoms with van der Waals surface area (Å²) in [4.78, 5) is 2.68. The first-order chi connectivity index (χ1) is 13.1. The number of aliphatic hydroxyl groups excluding tert-OH is 1. The molecule has 1 aromatic carbocycles. The molecule has 1 fully saturated rings. The van der Waals surface area contributed by atoms with Crippen molar-refractivity contribution < 1.29 is 14.6 Å². The Kier molecular flexibility index (Phi) is 7.04. The fourth-order valence-electron chi connectivity index (χ4n) is 5.14. The molecule has 0 aliphatic carbocycles. The lowest BCUT2D eigenvalue weighted by molar-refractivity contribution is 0.0375. The Balaban J connectivity index is 1.79. The highest BCUT2D eigenvalue weighted by atomic mass is 16.5. The van der Waals surface area contributed by atoms with Gasteiger partial charge in [-0.3, -0.25) is 4.90 Å². The number of aliphatic hydroxyl groups is 1. The van der Waals surface area contributed by atoms with Crippen molar-refractivity contribution in [2.24, 2.45) is 17.8 Å². The van der Waals surface area contributed by atoms with E-state index in [1.165, 1.54) is 36.9 Å².